The van der Waals surface area contributed by atoms with Crippen molar-refractivity contribution in [3.63, 3.8) is 0 Å². The van der Waals surface area contributed by atoms with Crippen molar-refractivity contribution >= 4 is 17.5 Å². The van der Waals surface area contributed by atoms with Gasteiger partial charge in [-0.3, -0.25) is 14.4 Å². The van der Waals surface area contributed by atoms with Gasteiger partial charge in [0.2, 0.25) is 0 Å². The molecule has 0 heterocycles. The Morgan fingerprint density at radius 3 is 2.47 bits per heavy atom. The maximum Gasteiger partial charge on any atom is 0.306 e. The summed E-state index contributed by atoms with van der Waals surface area (Å²) < 4.78 is 23.2. The molecule has 9 atom stereocenters. The summed E-state index contributed by atoms with van der Waals surface area (Å²) in [7, 11) is 0. The fourth-order valence-electron chi connectivity index (χ4n) is 8.21. The van der Waals surface area contributed by atoms with Crippen LogP contribution in [-0.4, -0.2) is 40.0 Å². The van der Waals surface area contributed by atoms with E-state index in [1.54, 1.807) is 19.9 Å². The van der Waals surface area contributed by atoms with E-state index >= 15 is 4.39 Å². The molecule has 0 aromatic rings. The van der Waals surface area contributed by atoms with Crippen molar-refractivity contribution < 1.29 is 28.6 Å². The second-order valence-corrected chi connectivity index (χ2v) is 11.0. The van der Waals surface area contributed by atoms with Crippen molar-refractivity contribution in [3.05, 3.63) is 23.8 Å². The minimum atomic E-state index is -1.98. The van der Waals surface area contributed by atoms with Crippen molar-refractivity contribution in [2.24, 2.45) is 34.5 Å². The molecule has 0 radical (unpaired) electrons. The number of aliphatic hydroxyl groups is 1. The van der Waals surface area contributed by atoms with Crippen molar-refractivity contribution in [2.45, 2.75) is 84.6 Å². The molecule has 6 heteroatoms. The molecule has 0 aromatic carbocycles. The number of hydrogen-bond donors (Lipinski definition) is 1. The van der Waals surface area contributed by atoms with Crippen LogP contribution in [-0.2, 0) is 19.1 Å². The topological polar surface area (TPSA) is 80.7 Å². The Kier molecular flexibility index (Phi) is 5.17. The van der Waals surface area contributed by atoms with Crippen LogP contribution in [0.2, 0.25) is 0 Å². The standard InChI is InChI=1S/C26H35FO5/c1-7-22(31)32-26(16(4)28)15(3)11-19-20-10-14(2)18-12-17(29)8-9-23(18,5)25(20,27)21(30)13-24(19,26)6/h8-9,12,14-15,19-21,30H,7,10-11,13H2,1-6H3/t14?,15?,19-,20-,21?,23-,24-,25-,26-/m0/s1. The van der Waals surface area contributed by atoms with Crippen LogP contribution in [0.25, 0.3) is 0 Å². The number of esters is 1. The van der Waals surface area contributed by atoms with E-state index in [2.05, 4.69) is 0 Å². The summed E-state index contributed by atoms with van der Waals surface area (Å²) in [6.07, 6.45) is 4.38. The summed E-state index contributed by atoms with van der Waals surface area (Å²) >= 11 is 0. The van der Waals surface area contributed by atoms with Gasteiger partial charge < -0.3 is 9.84 Å². The Bertz CT molecular complexity index is 939. The second kappa shape index (κ2) is 7.09. The molecule has 4 rings (SSSR count). The highest BCUT2D eigenvalue weighted by Gasteiger charge is 2.77. The Labute approximate surface area is 189 Å². The van der Waals surface area contributed by atoms with Crippen LogP contribution >= 0.6 is 0 Å². The molecule has 176 valence electrons. The largest absolute Gasteiger partial charge is 0.450 e. The monoisotopic (exact) mass is 446 g/mol. The fraction of sp³-hybridized carbons (Fsp3) is 0.731. The predicted octanol–water partition coefficient (Wildman–Crippen LogP) is 4.13. The van der Waals surface area contributed by atoms with E-state index in [-0.39, 0.29) is 42.2 Å². The summed E-state index contributed by atoms with van der Waals surface area (Å²) in [5.41, 5.74) is -4.62. The van der Waals surface area contributed by atoms with Crippen molar-refractivity contribution in [2.75, 3.05) is 0 Å². The molecule has 4 aliphatic carbocycles. The van der Waals surface area contributed by atoms with Gasteiger partial charge in [0, 0.05) is 29.1 Å². The maximum absolute atomic E-state index is 17.3. The Hall–Kier alpha value is -1.82. The fourth-order valence-corrected chi connectivity index (χ4v) is 8.21. The lowest BCUT2D eigenvalue weighted by atomic mass is 9.43. The van der Waals surface area contributed by atoms with Gasteiger partial charge in [-0.05, 0) is 57.1 Å². The van der Waals surface area contributed by atoms with Crippen LogP contribution in [0.1, 0.15) is 67.2 Å². The van der Waals surface area contributed by atoms with Gasteiger partial charge in [0.15, 0.2) is 22.8 Å². The maximum atomic E-state index is 17.3. The van der Waals surface area contributed by atoms with E-state index in [0.29, 0.717) is 12.8 Å². The summed E-state index contributed by atoms with van der Waals surface area (Å²) in [6, 6.07) is 0. The number of ether oxygens (including phenoxy) is 1. The molecule has 0 aromatic heterocycles. The van der Waals surface area contributed by atoms with Crippen LogP contribution < -0.4 is 0 Å². The molecule has 0 amide bonds. The molecule has 3 fully saturated rings. The zero-order chi connectivity index (χ0) is 23.9. The van der Waals surface area contributed by atoms with Crippen LogP contribution in [0.15, 0.2) is 23.8 Å². The molecule has 4 aliphatic rings. The average molecular weight is 447 g/mol. The average Bonchev–Trinajstić information content (AvgIpc) is 2.93. The van der Waals surface area contributed by atoms with E-state index in [9.17, 15) is 19.5 Å². The first-order valence-corrected chi connectivity index (χ1v) is 11.8. The van der Waals surface area contributed by atoms with Gasteiger partial charge in [-0.2, -0.15) is 0 Å². The summed E-state index contributed by atoms with van der Waals surface area (Å²) in [6.45, 7) is 10.7. The highest BCUT2D eigenvalue weighted by Crippen LogP contribution is 2.72. The first kappa shape index (κ1) is 23.3. The number of carbonyl (C=O) groups is 3. The predicted molar refractivity (Wildman–Crippen MR) is 117 cm³/mol. The van der Waals surface area contributed by atoms with E-state index in [4.69, 9.17) is 4.74 Å². The number of fused-ring (bicyclic) bond motifs is 5. The lowest BCUT2D eigenvalue weighted by molar-refractivity contribution is -0.229. The highest BCUT2D eigenvalue weighted by molar-refractivity contribution is 6.01. The Morgan fingerprint density at radius 1 is 1.22 bits per heavy atom. The van der Waals surface area contributed by atoms with Crippen molar-refractivity contribution in [1.82, 2.24) is 0 Å². The molecule has 3 saturated carbocycles. The van der Waals surface area contributed by atoms with Crippen molar-refractivity contribution in [1.29, 1.82) is 0 Å². The molecular weight excluding hydrogens is 411 g/mol. The molecule has 0 saturated heterocycles. The van der Waals surface area contributed by atoms with E-state index < -0.39 is 40.1 Å². The first-order valence-electron chi connectivity index (χ1n) is 11.8. The summed E-state index contributed by atoms with van der Waals surface area (Å²) in [5.74, 6) is -1.96. The van der Waals surface area contributed by atoms with Gasteiger partial charge in [-0.25, -0.2) is 4.39 Å². The van der Waals surface area contributed by atoms with Crippen LogP contribution in [0, 0.1) is 34.5 Å². The van der Waals surface area contributed by atoms with Gasteiger partial charge in [0.25, 0.3) is 0 Å². The van der Waals surface area contributed by atoms with Crippen molar-refractivity contribution in [3.8, 4) is 0 Å². The molecular formula is C26H35FO5. The molecule has 0 bridgehead atoms. The van der Waals surface area contributed by atoms with Gasteiger partial charge in [-0.15, -0.1) is 0 Å². The molecule has 1 N–H and O–H groups in total. The van der Waals surface area contributed by atoms with Gasteiger partial charge in [-0.1, -0.05) is 39.3 Å². The van der Waals surface area contributed by atoms with E-state index in [1.165, 1.54) is 19.1 Å². The SMILES string of the molecule is CCC(=O)O[C@]1(C(C)=O)C(C)C[C@H]2[C@@H]3CC(C)C4=CC(=O)C=C[C@]4(C)[C@@]3(F)C(O)C[C@@]21C. The number of hydrogen-bond acceptors (Lipinski definition) is 5. The van der Waals surface area contributed by atoms with E-state index in [0.717, 1.165) is 5.57 Å². The first-order chi connectivity index (χ1) is 14.8. The van der Waals surface area contributed by atoms with E-state index in [1.807, 2.05) is 20.8 Å². The summed E-state index contributed by atoms with van der Waals surface area (Å²) in [4.78, 5) is 37.6. The number of halogens is 1. The number of alkyl halides is 1. The van der Waals surface area contributed by atoms with Gasteiger partial charge in [0.1, 0.15) is 0 Å². The van der Waals surface area contributed by atoms with Crippen LogP contribution in [0.3, 0.4) is 0 Å². The van der Waals surface area contributed by atoms with Gasteiger partial charge >= 0.3 is 5.97 Å². The molecule has 5 nitrogen and oxygen atoms in total. The minimum absolute atomic E-state index is 0.0185. The zero-order valence-electron chi connectivity index (χ0n) is 19.9. The minimum Gasteiger partial charge on any atom is -0.450 e. The van der Waals surface area contributed by atoms with Crippen LogP contribution in [0.4, 0.5) is 4.39 Å². The normalized spacial score (nSPS) is 49.6. The Morgan fingerprint density at radius 2 is 1.88 bits per heavy atom. The number of carbonyl (C=O) groups excluding carboxylic acids is 3. The molecule has 0 aliphatic heterocycles. The second-order valence-electron chi connectivity index (χ2n) is 11.0. The number of aliphatic hydroxyl groups excluding tert-OH is 1. The third kappa shape index (κ3) is 2.56. The lowest BCUT2D eigenvalue weighted by Crippen LogP contribution is -2.70. The third-order valence-electron chi connectivity index (χ3n) is 9.60. The molecule has 32 heavy (non-hydrogen) atoms. The zero-order valence-corrected chi connectivity index (χ0v) is 19.9. The third-order valence-corrected chi connectivity index (χ3v) is 9.60. The summed E-state index contributed by atoms with van der Waals surface area (Å²) in [5, 5.41) is 11.5. The molecule has 3 unspecified atom stereocenters. The number of ketones is 2. The quantitative estimate of drug-likeness (QED) is 0.660. The van der Waals surface area contributed by atoms with Crippen LogP contribution in [0.5, 0.6) is 0 Å². The Balaban J connectivity index is 1.87. The molecule has 0 spiro atoms. The number of Topliss-reactive ketones (excluding diaryl/α,β-unsaturated/α-hetero) is 1. The van der Waals surface area contributed by atoms with Gasteiger partial charge in [0.05, 0.1) is 6.10 Å². The highest BCUT2D eigenvalue weighted by atomic mass is 19.1. The number of allylic oxidation sites excluding steroid dienone is 4. The lowest BCUT2D eigenvalue weighted by Gasteiger charge is -2.63. The smallest absolute Gasteiger partial charge is 0.306 e. The number of rotatable bonds is 3.